The second-order valence-electron chi connectivity index (χ2n) is 7.96. The third kappa shape index (κ3) is 4.11. The first-order chi connectivity index (χ1) is 14.0. The third-order valence-corrected chi connectivity index (χ3v) is 5.56. The number of hydrogen-bond donors (Lipinski definition) is 0. The minimum absolute atomic E-state index is 0.0196. The van der Waals surface area contributed by atoms with E-state index in [1.54, 1.807) is 7.11 Å². The van der Waals surface area contributed by atoms with E-state index in [1.807, 2.05) is 49.0 Å². The summed E-state index contributed by atoms with van der Waals surface area (Å²) in [5.74, 6) is 2.02. The van der Waals surface area contributed by atoms with Crippen LogP contribution in [-0.2, 0) is 11.8 Å². The zero-order valence-corrected chi connectivity index (χ0v) is 17.4. The summed E-state index contributed by atoms with van der Waals surface area (Å²) in [5.41, 5.74) is 4.17. The fourth-order valence-electron chi connectivity index (χ4n) is 3.76. The van der Waals surface area contributed by atoms with Crippen molar-refractivity contribution in [2.24, 2.45) is 7.05 Å². The van der Waals surface area contributed by atoms with Gasteiger partial charge in [-0.2, -0.15) is 10.1 Å². The number of rotatable bonds is 8. The minimum atomic E-state index is 0.0196. The molecule has 3 aromatic rings. The number of carbonyl (C=O) groups excluding carboxylic acids is 1. The average molecular weight is 393 g/mol. The molecule has 29 heavy (non-hydrogen) atoms. The number of ether oxygens (including phenoxy) is 2. The van der Waals surface area contributed by atoms with Crippen LogP contribution in [0, 0.1) is 6.92 Å². The fourth-order valence-corrected chi connectivity index (χ4v) is 3.76. The Bertz CT molecular complexity index is 1040. The van der Waals surface area contributed by atoms with Gasteiger partial charge in [0.25, 0.3) is 0 Å². The number of benzene rings is 1. The summed E-state index contributed by atoms with van der Waals surface area (Å²) in [6.07, 6.45) is 2.82. The first-order valence-corrected chi connectivity index (χ1v) is 10.1. The first kappa shape index (κ1) is 19.4. The number of ketones is 1. The van der Waals surface area contributed by atoms with Gasteiger partial charge in [-0.1, -0.05) is 19.1 Å². The zero-order chi connectivity index (χ0) is 20.5. The van der Waals surface area contributed by atoms with Crippen LogP contribution in [-0.4, -0.2) is 34.3 Å². The van der Waals surface area contributed by atoms with Gasteiger partial charge in [0.2, 0.25) is 5.88 Å². The summed E-state index contributed by atoms with van der Waals surface area (Å²) < 4.78 is 12.7. The molecular weight excluding hydrogens is 366 g/mol. The molecule has 4 rings (SSSR count). The molecule has 0 aliphatic heterocycles. The Morgan fingerprint density at radius 3 is 2.66 bits per heavy atom. The van der Waals surface area contributed by atoms with Gasteiger partial charge >= 0.3 is 0 Å². The maximum atomic E-state index is 12.4. The minimum Gasteiger partial charge on any atom is -0.497 e. The van der Waals surface area contributed by atoms with E-state index >= 15 is 0 Å². The molecule has 0 radical (unpaired) electrons. The van der Waals surface area contributed by atoms with Gasteiger partial charge in [0.1, 0.15) is 12.4 Å². The van der Waals surface area contributed by atoms with E-state index in [9.17, 15) is 4.79 Å². The standard InChI is InChI=1S/C23H27N3O3/c1-14(16-7-9-19(28-4)10-8-16)11-18(27)13-29-20-12-15(2)21-22(17-5-6-17)25-26(3)23(21)24-20/h7-10,12,14,17H,5-6,11,13H2,1-4H3/t14-/m1/s1. The molecular formula is C23H27N3O3. The summed E-state index contributed by atoms with van der Waals surface area (Å²) in [6.45, 7) is 4.12. The number of methoxy groups -OCH3 is 1. The van der Waals surface area contributed by atoms with Crippen LogP contribution in [0.5, 0.6) is 11.6 Å². The molecule has 1 saturated carbocycles. The predicted molar refractivity (Wildman–Crippen MR) is 112 cm³/mol. The van der Waals surface area contributed by atoms with E-state index in [2.05, 4.69) is 17.0 Å². The van der Waals surface area contributed by atoms with Crippen LogP contribution >= 0.6 is 0 Å². The summed E-state index contributed by atoms with van der Waals surface area (Å²) in [4.78, 5) is 17.1. The Morgan fingerprint density at radius 2 is 2.00 bits per heavy atom. The maximum absolute atomic E-state index is 12.4. The van der Waals surface area contributed by atoms with Crippen molar-refractivity contribution in [3.8, 4) is 11.6 Å². The average Bonchev–Trinajstić information content (AvgIpc) is 3.50. The van der Waals surface area contributed by atoms with Gasteiger partial charge in [0.15, 0.2) is 11.4 Å². The van der Waals surface area contributed by atoms with Gasteiger partial charge in [-0.3, -0.25) is 9.48 Å². The molecule has 0 N–H and O–H groups in total. The molecule has 1 atom stereocenters. The van der Waals surface area contributed by atoms with Crippen molar-refractivity contribution in [2.75, 3.05) is 13.7 Å². The molecule has 2 aromatic heterocycles. The Balaban J connectivity index is 1.41. The van der Waals surface area contributed by atoms with E-state index < -0.39 is 0 Å². The van der Waals surface area contributed by atoms with Gasteiger partial charge in [0, 0.05) is 30.8 Å². The van der Waals surface area contributed by atoms with Crippen molar-refractivity contribution in [1.82, 2.24) is 14.8 Å². The molecule has 0 saturated heterocycles. The third-order valence-electron chi connectivity index (χ3n) is 5.56. The van der Waals surface area contributed by atoms with Crippen LogP contribution in [0.3, 0.4) is 0 Å². The Kier molecular flexibility index (Phi) is 5.26. The molecule has 6 nitrogen and oxygen atoms in total. The number of aryl methyl sites for hydroxylation is 2. The van der Waals surface area contributed by atoms with Crippen molar-refractivity contribution in [3.63, 3.8) is 0 Å². The summed E-state index contributed by atoms with van der Waals surface area (Å²) in [7, 11) is 3.55. The smallest absolute Gasteiger partial charge is 0.215 e. The van der Waals surface area contributed by atoms with Crippen molar-refractivity contribution < 1.29 is 14.3 Å². The van der Waals surface area contributed by atoms with Crippen LogP contribution in [0.25, 0.3) is 11.0 Å². The number of nitrogens with zero attached hydrogens (tertiary/aromatic N) is 3. The van der Waals surface area contributed by atoms with E-state index in [0.717, 1.165) is 33.6 Å². The number of Topliss-reactive ketones (excluding diaryl/α,β-unsaturated/α-hetero) is 1. The lowest BCUT2D eigenvalue weighted by Crippen LogP contribution is -2.14. The highest BCUT2D eigenvalue weighted by molar-refractivity contribution is 5.84. The molecule has 0 unspecified atom stereocenters. The van der Waals surface area contributed by atoms with Gasteiger partial charge in [-0.05, 0) is 48.9 Å². The second-order valence-corrected chi connectivity index (χ2v) is 7.96. The van der Waals surface area contributed by atoms with Crippen LogP contribution in [0.1, 0.15) is 54.8 Å². The number of fused-ring (bicyclic) bond motifs is 1. The van der Waals surface area contributed by atoms with Gasteiger partial charge in [-0.15, -0.1) is 0 Å². The van der Waals surface area contributed by atoms with Crippen molar-refractivity contribution in [1.29, 1.82) is 0 Å². The number of aromatic nitrogens is 3. The lowest BCUT2D eigenvalue weighted by atomic mass is 9.96. The van der Waals surface area contributed by atoms with E-state index in [-0.39, 0.29) is 18.3 Å². The van der Waals surface area contributed by atoms with Crippen LogP contribution in [0.4, 0.5) is 0 Å². The van der Waals surface area contributed by atoms with Crippen LogP contribution in [0.15, 0.2) is 30.3 Å². The van der Waals surface area contributed by atoms with Crippen molar-refractivity contribution in [2.45, 2.75) is 44.9 Å². The Hall–Kier alpha value is -2.89. The topological polar surface area (TPSA) is 66.2 Å². The van der Waals surface area contributed by atoms with Crippen molar-refractivity contribution >= 4 is 16.8 Å². The van der Waals surface area contributed by atoms with E-state index in [0.29, 0.717) is 18.2 Å². The number of pyridine rings is 1. The summed E-state index contributed by atoms with van der Waals surface area (Å²) >= 11 is 0. The van der Waals surface area contributed by atoms with Crippen molar-refractivity contribution in [3.05, 3.63) is 47.2 Å². The highest BCUT2D eigenvalue weighted by atomic mass is 16.5. The molecule has 1 fully saturated rings. The van der Waals surface area contributed by atoms with Gasteiger partial charge in [0.05, 0.1) is 12.8 Å². The number of hydrogen-bond acceptors (Lipinski definition) is 5. The molecule has 1 aliphatic rings. The fraction of sp³-hybridized carbons (Fsp3) is 0.435. The van der Waals surface area contributed by atoms with Crippen LogP contribution in [0.2, 0.25) is 0 Å². The van der Waals surface area contributed by atoms with Gasteiger partial charge < -0.3 is 9.47 Å². The second kappa shape index (κ2) is 7.85. The summed E-state index contributed by atoms with van der Waals surface area (Å²) in [6, 6.07) is 9.74. The van der Waals surface area contributed by atoms with Crippen LogP contribution < -0.4 is 9.47 Å². The zero-order valence-electron chi connectivity index (χ0n) is 17.4. The highest BCUT2D eigenvalue weighted by Crippen LogP contribution is 2.43. The molecule has 2 heterocycles. The molecule has 0 amide bonds. The van der Waals surface area contributed by atoms with E-state index in [1.165, 1.54) is 12.8 Å². The summed E-state index contributed by atoms with van der Waals surface area (Å²) in [5, 5.41) is 5.78. The largest absolute Gasteiger partial charge is 0.497 e. The molecule has 1 aromatic carbocycles. The SMILES string of the molecule is COc1ccc([C@H](C)CC(=O)COc2cc(C)c3c(C4CC4)nn(C)c3n2)cc1. The highest BCUT2D eigenvalue weighted by Gasteiger charge is 2.30. The monoisotopic (exact) mass is 393 g/mol. The predicted octanol–water partition coefficient (Wildman–Crippen LogP) is 4.30. The molecule has 1 aliphatic carbocycles. The molecule has 6 heteroatoms. The maximum Gasteiger partial charge on any atom is 0.215 e. The molecule has 0 spiro atoms. The lowest BCUT2D eigenvalue weighted by molar-refractivity contribution is -0.121. The van der Waals surface area contributed by atoms with Gasteiger partial charge in [-0.25, -0.2) is 0 Å². The number of carbonyl (C=O) groups is 1. The molecule has 152 valence electrons. The normalized spacial score (nSPS) is 14.8. The Morgan fingerprint density at radius 1 is 1.28 bits per heavy atom. The Labute approximate surface area is 170 Å². The quantitative estimate of drug-likeness (QED) is 0.571. The first-order valence-electron chi connectivity index (χ1n) is 10.1. The lowest BCUT2D eigenvalue weighted by Gasteiger charge is -2.12. The molecule has 0 bridgehead atoms. The van der Waals surface area contributed by atoms with E-state index in [4.69, 9.17) is 9.47 Å².